The van der Waals surface area contributed by atoms with Crippen molar-refractivity contribution in [2.24, 2.45) is 0 Å². The SMILES string of the molecule is COCCNCC(C)Oc1ccc(C(C)C)cc1. The van der Waals surface area contributed by atoms with Gasteiger partial charge >= 0.3 is 0 Å². The fraction of sp³-hybridized carbons (Fsp3) is 0.600. The molecule has 1 rings (SSSR count). The van der Waals surface area contributed by atoms with Gasteiger partial charge in [0.05, 0.1) is 6.61 Å². The molecule has 1 aromatic carbocycles. The van der Waals surface area contributed by atoms with Crippen molar-refractivity contribution in [2.75, 3.05) is 26.8 Å². The van der Waals surface area contributed by atoms with Gasteiger partial charge in [-0.15, -0.1) is 0 Å². The zero-order valence-corrected chi connectivity index (χ0v) is 11.9. The number of hydrogen-bond acceptors (Lipinski definition) is 3. The maximum Gasteiger partial charge on any atom is 0.119 e. The Bertz CT molecular complexity index is 322. The van der Waals surface area contributed by atoms with Crippen LogP contribution in [-0.2, 0) is 4.74 Å². The van der Waals surface area contributed by atoms with Crippen LogP contribution in [0, 0.1) is 0 Å². The normalized spacial score (nSPS) is 12.7. The molecule has 0 aliphatic carbocycles. The van der Waals surface area contributed by atoms with Gasteiger partial charge in [-0.25, -0.2) is 0 Å². The van der Waals surface area contributed by atoms with Crippen LogP contribution in [0.3, 0.4) is 0 Å². The van der Waals surface area contributed by atoms with E-state index in [-0.39, 0.29) is 6.10 Å². The number of benzene rings is 1. The monoisotopic (exact) mass is 251 g/mol. The van der Waals surface area contributed by atoms with E-state index in [1.807, 2.05) is 12.1 Å². The Morgan fingerprint density at radius 1 is 1.11 bits per heavy atom. The Morgan fingerprint density at radius 3 is 2.33 bits per heavy atom. The van der Waals surface area contributed by atoms with Gasteiger partial charge in [0.1, 0.15) is 11.9 Å². The number of nitrogens with one attached hydrogen (secondary N) is 1. The fourth-order valence-corrected chi connectivity index (χ4v) is 1.68. The van der Waals surface area contributed by atoms with Crippen LogP contribution < -0.4 is 10.1 Å². The van der Waals surface area contributed by atoms with Gasteiger partial charge in [0.2, 0.25) is 0 Å². The van der Waals surface area contributed by atoms with Gasteiger partial charge < -0.3 is 14.8 Å². The lowest BCUT2D eigenvalue weighted by Gasteiger charge is -2.16. The van der Waals surface area contributed by atoms with E-state index in [1.165, 1.54) is 5.56 Å². The molecule has 0 saturated heterocycles. The Labute approximate surface area is 110 Å². The standard InChI is InChI=1S/C15H25NO2/c1-12(2)14-5-7-15(8-6-14)18-13(3)11-16-9-10-17-4/h5-8,12-13,16H,9-11H2,1-4H3. The van der Waals surface area contributed by atoms with Crippen molar-refractivity contribution in [2.45, 2.75) is 32.8 Å². The highest BCUT2D eigenvalue weighted by Gasteiger charge is 2.04. The minimum absolute atomic E-state index is 0.159. The Hall–Kier alpha value is -1.06. The predicted molar refractivity (Wildman–Crippen MR) is 75.4 cm³/mol. The molecule has 0 aromatic heterocycles. The first-order valence-corrected chi connectivity index (χ1v) is 6.59. The van der Waals surface area contributed by atoms with E-state index in [4.69, 9.17) is 9.47 Å². The summed E-state index contributed by atoms with van der Waals surface area (Å²) in [6, 6.07) is 8.35. The van der Waals surface area contributed by atoms with E-state index in [1.54, 1.807) is 7.11 Å². The topological polar surface area (TPSA) is 30.5 Å². The number of hydrogen-bond donors (Lipinski definition) is 1. The molecule has 0 radical (unpaired) electrons. The molecule has 0 amide bonds. The molecule has 1 N–H and O–H groups in total. The minimum atomic E-state index is 0.159. The highest BCUT2D eigenvalue weighted by Crippen LogP contribution is 2.19. The van der Waals surface area contributed by atoms with Crippen LogP contribution in [0.25, 0.3) is 0 Å². The molecule has 0 heterocycles. The molecule has 0 saturated carbocycles. The van der Waals surface area contributed by atoms with Crippen molar-refractivity contribution in [1.82, 2.24) is 5.32 Å². The van der Waals surface area contributed by atoms with Crippen LogP contribution >= 0.6 is 0 Å². The lowest BCUT2D eigenvalue weighted by atomic mass is 10.0. The van der Waals surface area contributed by atoms with E-state index in [2.05, 4.69) is 38.2 Å². The van der Waals surface area contributed by atoms with Gasteiger partial charge in [-0.05, 0) is 30.5 Å². The van der Waals surface area contributed by atoms with Crippen molar-refractivity contribution < 1.29 is 9.47 Å². The summed E-state index contributed by atoms with van der Waals surface area (Å²) >= 11 is 0. The van der Waals surface area contributed by atoms with Crippen LogP contribution in [-0.4, -0.2) is 32.9 Å². The lowest BCUT2D eigenvalue weighted by Crippen LogP contribution is -2.31. The van der Waals surface area contributed by atoms with Crippen LogP contribution in [0.1, 0.15) is 32.3 Å². The maximum absolute atomic E-state index is 5.83. The van der Waals surface area contributed by atoms with E-state index in [0.29, 0.717) is 5.92 Å². The summed E-state index contributed by atoms with van der Waals surface area (Å²) < 4.78 is 10.8. The average Bonchev–Trinajstić information content (AvgIpc) is 2.35. The smallest absolute Gasteiger partial charge is 0.119 e. The first-order chi connectivity index (χ1) is 8.63. The van der Waals surface area contributed by atoms with E-state index in [9.17, 15) is 0 Å². The molecular formula is C15H25NO2. The highest BCUT2D eigenvalue weighted by atomic mass is 16.5. The third-order valence-corrected chi connectivity index (χ3v) is 2.80. The summed E-state index contributed by atoms with van der Waals surface area (Å²) in [5.41, 5.74) is 1.34. The average molecular weight is 251 g/mol. The summed E-state index contributed by atoms with van der Waals surface area (Å²) in [6.45, 7) is 8.87. The Morgan fingerprint density at radius 2 is 1.78 bits per heavy atom. The van der Waals surface area contributed by atoms with Gasteiger partial charge in [-0.1, -0.05) is 26.0 Å². The molecular weight excluding hydrogens is 226 g/mol. The van der Waals surface area contributed by atoms with Gasteiger partial charge in [-0.2, -0.15) is 0 Å². The number of ether oxygens (including phenoxy) is 2. The summed E-state index contributed by atoms with van der Waals surface area (Å²) in [7, 11) is 1.71. The van der Waals surface area contributed by atoms with Crippen molar-refractivity contribution in [3.63, 3.8) is 0 Å². The molecule has 0 aliphatic rings. The van der Waals surface area contributed by atoms with E-state index >= 15 is 0 Å². The number of rotatable bonds is 8. The van der Waals surface area contributed by atoms with Crippen molar-refractivity contribution in [1.29, 1.82) is 0 Å². The minimum Gasteiger partial charge on any atom is -0.489 e. The Kier molecular flexibility index (Phi) is 6.76. The fourth-order valence-electron chi connectivity index (χ4n) is 1.68. The van der Waals surface area contributed by atoms with Crippen LogP contribution in [0.4, 0.5) is 0 Å². The Balaban J connectivity index is 2.32. The lowest BCUT2D eigenvalue weighted by molar-refractivity contribution is 0.184. The van der Waals surface area contributed by atoms with Crippen LogP contribution in [0.5, 0.6) is 5.75 Å². The molecule has 1 unspecified atom stereocenters. The summed E-state index contributed by atoms with van der Waals surface area (Å²) in [5, 5.41) is 3.29. The highest BCUT2D eigenvalue weighted by molar-refractivity contribution is 5.29. The van der Waals surface area contributed by atoms with Gasteiger partial charge in [0.25, 0.3) is 0 Å². The van der Waals surface area contributed by atoms with Crippen molar-refractivity contribution >= 4 is 0 Å². The molecule has 0 bridgehead atoms. The molecule has 3 heteroatoms. The summed E-state index contributed by atoms with van der Waals surface area (Å²) in [4.78, 5) is 0. The second kappa shape index (κ2) is 8.11. The molecule has 0 spiro atoms. The molecule has 0 fully saturated rings. The number of methoxy groups -OCH3 is 1. The first kappa shape index (κ1) is 15.0. The molecule has 18 heavy (non-hydrogen) atoms. The predicted octanol–water partition coefficient (Wildman–Crippen LogP) is 2.81. The largest absolute Gasteiger partial charge is 0.489 e. The van der Waals surface area contributed by atoms with Gasteiger partial charge in [0, 0.05) is 20.2 Å². The van der Waals surface area contributed by atoms with Crippen molar-refractivity contribution in [3.8, 4) is 5.75 Å². The van der Waals surface area contributed by atoms with Gasteiger partial charge in [-0.3, -0.25) is 0 Å². The van der Waals surface area contributed by atoms with Crippen molar-refractivity contribution in [3.05, 3.63) is 29.8 Å². The zero-order chi connectivity index (χ0) is 13.4. The van der Waals surface area contributed by atoms with Gasteiger partial charge in [0.15, 0.2) is 0 Å². The quantitative estimate of drug-likeness (QED) is 0.721. The second-order valence-corrected chi connectivity index (χ2v) is 4.85. The molecule has 102 valence electrons. The summed E-state index contributed by atoms with van der Waals surface area (Å²) in [5.74, 6) is 1.49. The zero-order valence-electron chi connectivity index (χ0n) is 11.9. The molecule has 3 nitrogen and oxygen atoms in total. The third-order valence-electron chi connectivity index (χ3n) is 2.80. The summed E-state index contributed by atoms with van der Waals surface area (Å²) in [6.07, 6.45) is 0.159. The second-order valence-electron chi connectivity index (χ2n) is 4.85. The molecule has 1 aromatic rings. The van der Waals surface area contributed by atoms with E-state index in [0.717, 1.165) is 25.4 Å². The molecule has 1 atom stereocenters. The molecule has 0 aliphatic heterocycles. The van der Waals surface area contributed by atoms with E-state index < -0.39 is 0 Å². The third kappa shape index (κ3) is 5.52. The van der Waals surface area contributed by atoms with Crippen LogP contribution in [0.15, 0.2) is 24.3 Å². The first-order valence-electron chi connectivity index (χ1n) is 6.59. The van der Waals surface area contributed by atoms with Crippen LogP contribution in [0.2, 0.25) is 0 Å². The maximum atomic E-state index is 5.83.